The maximum absolute atomic E-state index is 13.5. The normalized spacial score (nSPS) is 33.4. The van der Waals surface area contributed by atoms with Gasteiger partial charge in [0.1, 0.15) is 11.8 Å². The lowest BCUT2D eigenvalue weighted by molar-refractivity contribution is -0.139. The Hall–Kier alpha value is -1.78. The summed E-state index contributed by atoms with van der Waals surface area (Å²) in [6.45, 7) is 0.191. The van der Waals surface area contributed by atoms with E-state index < -0.39 is 22.6 Å². The van der Waals surface area contributed by atoms with Crippen molar-refractivity contribution in [3.05, 3.63) is 24.3 Å². The van der Waals surface area contributed by atoms with Crippen molar-refractivity contribution in [2.24, 2.45) is 11.8 Å². The van der Waals surface area contributed by atoms with Crippen molar-refractivity contribution in [1.29, 1.82) is 0 Å². The van der Waals surface area contributed by atoms with Gasteiger partial charge >= 0.3 is 0 Å². The van der Waals surface area contributed by atoms with Crippen molar-refractivity contribution in [2.75, 3.05) is 32.6 Å². The number of alkyl halides is 1. The molecule has 0 aliphatic carbocycles. The highest BCUT2D eigenvalue weighted by molar-refractivity contribution is 9.09. The molecule has 0 saturated carbocycles. The highest BCUT2D eigenvalue weighted by atomic mass is 79.9. The zero-order valence-electron chi connectivity index (χ0n) is 17.3. The number of nitrogens with zero attached hydrogens (tertiary/aromatic N) is 1. The Balaban J connectivity index is 1.68. The monoisotopic (exact) mass is 511 g/mol. The number of ether oxygens (including phenoxy) is 1. The minimum Gasteiger partial charge on any atom is -0.497 e. The number of carbonyl (C=O) groups excluding carboxylic acids is 3. The Kier molecular flexibility index (Phi) is 6.24. The van der Waals surface area contributed by atoms with E-state index >= 15 is 0 Å². The molecule has 6 atom stereocenters. The molecule has 1 aromatic rings. The van der Waals surface area contributed by atoms with Crippen molar-refractivity contribution < 1.29 is 24.2 Å². The zero-order valence-corrected chi connectivity index (χ0v) is 19.7. The molecule has 3 aliphatic heterocycles. The molecule has 2 bridgehead atoms. The van der Waals surface area contributed by atoms with Gasteiger partial charge in [-0.05, 0) is 37.1 Å². The van der Waals surface area contributed by atoms with Gasteiger partial charge in [0.2, 0.25) is 17.7 Å². The molecule has 3 fully saturated rings. The van der Waals surface area contributed by atoms with Crippen molar-refractivity contribution in [2.45, 2.75) is 33.7 Å². The van der Waals surface area contributed by atoms with Crippen LogP contribution >= 0.6 is 27.7 Å². The Morgan fingerprint density at radius 2 is 2.03 bits per heavy atom. The quantitative estimate of drug-likeness (QED) is 0.475. The Morgan fingerprint density at radius 3 is 2.65 bits per heavy atom. The molecule has 31 heavy (non-hydrogen) atoms. The number of likely N-dealkylation sites (tertiary alicyclic amines) is 1. The third-order valence-corrected chi connectivity index (χ3v) is 9.72. The average Bonchev–Trinajstić information content (AvgIpc) is 3.35. The molecule has 3 aliphatic rings. The van der Waals surface area contributed by atoms with Crippen LogP contribution in [0.25, 0.3) is 0 Å². The molecule has 3 unspecified atom stereocenters. The molecule has 1 spiro atoms. The number of benzene rings is 1. The van der Waals surface area contributed by atoms with Crippen LogP contribution in [0.1, 0.15) is 12.8 Å². The molecule has 0 aromatic heterocycles. The van der Waals surface area contributed by atoms with E-state index in [0.717, 1.165) is 0 Å². The Morgan fingerprint density at radius 1 is 1.32 bits per heavy atom. The molecule has 4 rings (SSSR count). The number of aliphatic hydroxyl groups is 1. The van der Waals surface area contributed by atoms with E-state index in [1.165, 1.54) is 0 Å². The van der Waals surface area contributed by atoms with E-state index in [-0.39, 0.29) is 41.0 Å². The molecular weight excluding hydrogens is 486 g/mol. The number of nitrogens with one attached hydrogen (secondary N) is 2. The van der Waals surface area contributed by atoms with E-state index in [9.17, 15) is 19.5 Å². The van der Waals surface area contributed by atoms with E-state index in [1.54, 1.807) is 55.1 Å². The zero-order chi connectivity index (χ0) is 22.3. The third kappa shape index (κ3) is 3.52. The van der Waals surface area contributed by atoms with Crippen molar-refractivity contribution >= 4 is 51.1 Å². The molecule has 168 valence electrons. The van der Waals surface area contributed by atoms with Gasteiger partial charge in [-0.1, -0.05) is 15.9 Å². The van der Waals surface area contributed by atoms with Crippen LogP contribution in [-0.4, -0.2) is 75.9 Å². The lowest BCUT2D eigenvalue weighted by atomic mass is 9.70. The lowest BCUT2D eigenvalue weighted by Crippen LogP contribution is -2.53. The lowest BCUT2D eigenvalue weighted by Gasteiger charge is -2.35. The maximum atomic E-state index is 13.5. The molecule has 3 N–H and O–H groups in total. The average molecular weight is 512 g/mol. The van der Waals surface area contributed by atoms with Crippen LogP contribution in [0.5, 0.6) is 5.75 Å². The number of amides is 3. The molecular formula is C21H26BrN3O5S. The second-order valence-electron chi connectivity index (χ2n) is 8.10. The number of hydrogen-bond donors (Lipinski definition) is 3. The molecule has 8 nitrogen and oxygen atoms in total. The number of halogens is 1. The summed E-state index contributed by atoms with van der Waals surface area (Å²) in [5.74, 6) is -0.980. The predicted molar refractivity (Wildman–Crippen MR) is 121 cm³/mol. The molecule has 10 heteroatoms. The number of fused-ring (bicyclic) bond motifs is 1. The first kappa shape index (κ1) is 22.4. The molecule has 1 aromatic carbocycles. The van der Waals surface area contributed by atoms with Crippen LogP contribution in [-0.2, 0) is 14.4 Å². The summed E-state index contributed by atoms with van der Waals surface area (Å²) in [4.78, 5) is 41.4. The molecule has 3 amide bonds. The first-order valence-electron chi connectivity index (χ1n) is 10.3. The largest absolute Gasteiger partial charge is 0.497 e. The number of carbonyl (C=O) groups is 3. The molecule has 3 heterocycles. The van der Waals surface area contributed by atoms with E-state index in [2.05, 4.69) is 26.6 Å². The summed E-state index contributed by atoms with van der Waals surface area (Å²) in [6, 6.07) is 6.29. The van der Waals surface area contributed by atoms with Crippen LogP contribution in [0, 0.1) is 11.8 Å². The van der Waals surface area contributed by atoms with Crippen LogP contribution in [0.4, 0.5) is 5.69 Å². The topological polar surface area (TPSA) is 108 Å². The van der Waals surface area contributed by atoms with Crippen molar-refractivity contribution in [3.8, 4) is 5.75 Å². The van der Waals surface area contributed by atoms with E-state index in [4.69, 9.17) is 4.74 Å². The number of thioether (sulfide) groups is 1. The summed E-state index contributed by atoms with van der Waals surface area (Å²) in [5.41, 5.74) is 0.607. The summed E-state index contributed by atoms with van der Waals surface area (Å²) < 4.78 is 4.48. The van der Waals surface area contributed by atoms with E-state index in [1.807, 2.05) is 0 Å². The number of aliphatic hydroxyl groups excluding tert-OH is 1. The molecule has 0 radical (unpaired) electrons. The summed E-state index contributed by atoms with van der Waals surface area (Å²) in [6.07, 6.45) is 1.000. The smallest absolute Gasteiger partial charge is 0.248 e. The fourth-order valence-electron chi connectivity index (χ4n) is 5.26. The van der Waals surface area contributed by atoms with Crippen molar-refractivity contribution in [1.82, 2.24) is 10.2 Å². The van der Waals surface area contributed by atoms with Crippen molar-refractivity contribution in [3.63, 3.8) is 0 Å². The number of methoxy groups -OCH3 is 1. The predicted octanol–water partition coefficient (Wildman–Crippen LogP) is 1.23. The van der Waals surface area contributed by atoms with Gasteiger partial charge in [0.25, 0.3) is 0 Å². The minimum absolute atomic E-state index is 0.0397. The van der Waals surface area contributed by atoms with Crippen LogP contribution in [0.15, 0.2) is 24.3 Å². The van der Waals surface area contributed by atoms with Crippen LogP contribution < -0.4 is 15.4 Å². The Labute approximate surface area is 193 Å². The van der Waals surface area contributed by atoms with Gasteiger partial charge in [0, 0.05) is 36.0 Å². The summed E-state index contributed by atoms with van der Waals surface area (Å²) in [7, 11) is 3.15. The number of anilines is 1. The van der Waals surface area contributed by atoms with Crippen LogP contribution in [0.3, 0.4) is 0 Å². The Bertz CT molecular complexity index is 884. The standard InChI is InChI=1S/C21H26BrN3O5S/c1-23-18(27)14-15-20(29)25(8-3-9-26)17(21(15)10-13(22)16(14)31-21)19(28)24-11-4-6-12(30-2)7-5-11/h4-7,13-17,26H,3,8-10H2,1-2H3,(H,23,27)(H,24,28)/t13?,14-,15-,16-,17?,21?/m0/s1. The number of hydrogen-bond acceptors (Lipinski definition) is 6. The number of rotatable bonds is 7. The fourth-order valence-corrected chi connectivity index (χ4v) is 8.88. The van der Waals surface area contributed by atoms with Gasteiger partial charge in [0.15, 0.2) is 0 Å². The van der Waals surface area contributed by atoms with Gasteiger partial charge in [-0.25, -0.2) is 0 Å². The van der Waals surface area contributed by atoms with E-state index in [0.29, 0.717) is 24.3 Å². The highest BCUT2D eigenvalue weighted by Gasteiger charge is 2.75. The third-order valence-electron chi connectivity index (χ3n) is 6.50. The first-order valence-corrected chi connectivity index (χ1v) is 12.1. The second kappa shape index (κ2) is 8.63. The van der Waals surface area contributed by atoms with Gasteiger partial charge in [0.05, 0.1) is 23.7 Å². The van der Waals surface area contributed by atoms with Gasteiger partial charge in [-0.15, -0.1) is 11.8 Å². The van der Waals surface area contributed by atoms with Crippen LogP contribution in [0.2, 0.25) is 0 Å². The minimum atomic E-state index is -0.719. The van der Waals surface area contributed by atoms with Gasteiger partial charge in [-0.3, -0.25) is 14.4 Å². The first-order chi connectivity index (χ1) is 14.9. The summed E-state index contributed by atoms with van der Waals surface area (Å²) >= 11 is 5.29. The highest BCUT2D eigenvalue weighted by Crippen LogP contribution is 2.67. The van der Waals surface area contributed by atoms with Gasteiger partial charge in [-0.2, -0.15) is 0 Å². The van der Waals surface area contributed by atoms with Gasteiger partial charge < -0.3 is 25.4 Å². The second-order valence-corrected chi connectivity index (χ2v) is 10.8. The maximum Gasteiger partial charge on any atom is 0.248 e. The SMILES string of the molecule is CNC(=O)[C@H]1[C@H]2C(=O)N(CCCO)C(C(=O)Nc3ccc(OC)cc3)C23CC(Br)[C@@H]1S3. The fraction of sp³-hybridized carbons (Fsp3) is 0.571. The summed E-state index contributed by atoms with van der Waals surface area (Å²) in [5, 5.41) is 14.9. The molecule has 3 saturated heterocycles.